The summed E-state index contributed by atoms with van der Waals surface area (Å²) in [5, 5.41) is 10.4. The molecule has 0 saturated heterocycles. The van der Waals surface area contributed by atoms with Crippen molar-refractivity contribution in [1.29, 1.82) is 0 Å². The number of aliphatic imine (C=N–C) groups is 1. The lowest BCUT2D eigenvalue weighted by Crippen LogP contribution is -2.69. The topological polar surface area (TPSA) is 32.6 Å². The monoisotopic (exact) mass is 889 g/mol. The third kappa shape index (κ3) is 7.16. The first kappa shape index (κ1) is 49.2. The molecule has 0 fully saturated rings. The molecule has 0 spiro atoms. The van der Waals surface area contributed by atoms with Gasteiger partial charge in [0.25, 0.3) is 0 Å². The summed E-state index contributed by atoms with van der Waals surface area (Å²) in [6.07, 6.45) is -15.9. The first-order valence-corrected chi connectivity index (χ1v) is 14.1. The minimum Gasteiger partial charge on any atom is -0.507 e. The van der Waals surface area contributed by atoms with Crippen molar-refractivity contribution in [2.75, 3.05) is 0 Å². The average Bonchev–Trinajstić information content (AvgIpc) is 3.01. The Morgan fingerprint density at radius 1 is 0.439 bits per heavy atom. The number of phenols is 1. The van der Waals surface area contributed by atoms with Gasteiger partial charge >= 0.3 is 71.6 Å². The molecule has 0 heterocycles. The molecule has 28 heteroatoms. The van der Waals surface area contributed by atoms with Gasteiger partial charge in [0.1, 0.15) is 5.75 Å². The first-order valence-electron chi connectivity index (χ1n) is 14.1. The SMILES string of the molecule is CC(C)(C)c1cccc(C=Nc2cc(C(F)(F)C(F)(F)C(F)(F)C(F)(F)C(F)(F)C(F)(F)F)cc(C(F)(F)C(F)(F)C(F)(F)C(F)(F)C(F)(F)C(F)(F)F)c2)c1O. The van der Waals surface area contributed by atoms with Crippen molar-refractivity contribution in [1.82, 2.24) is 0 Å². The van der Waals surface area contributed by atoms with Crippen LogP contribution in [0.2, 0.25) is 0 Å². The molecule has 0 unspecified atom stereocenters. The van der Waals surface area contributed by atoms with Gasteiger partial charge in [0, 0.05) is 22.9 Å². The van der Waals surface area contributed by atoms with Gasteiger partial charge in [-0.15, -0.1) is 0 Å². The summed E-state index contributed by atoms with van der Waals surface area (Å²) in [6.45, 7) is 4.16. The van der Waals surface area contributed by atoms with Crippen LogP contribution in [0.5, 0.6) is 5.75 Å². The van der Waals surface area contributed by atoms with Crippen molar-refractivity contribution in [2.24, 2.45) is 4.99 Å². The van der Waals surface area contributed by atoms with Crippen LogP contribution in [0.1, 0.15) is 43.0 Å². The molecular weight excluding hydrogens is 872 g/mol. The highest BCUT2D eigenvalue weighted by Gasteiger charge is 2.92. The van der Waals surface area contributed by atoms with Crippen molar-refractivity contribution >= 4 is 11.9 Å². The largest absolute Gasteiger partial charge is 0.507 e. The standard InChI is InChI=1S/C29H17F26NO/c1-17(2,3)15-6-4-5-11(16(15)57)10-56-14-8-12(18(30,31)20(34,35)22(38,39)24(42,43)26(46,47)28(50,51)52)7-13(9-14)19(32,33)21(36,37)23(40,41)25(44,45)27(48,49)29(53,54)55/h4-10,57H,1-3H3. The minimum atomic E-state index is -8.72. The van der Waals surface area contributed by atoms with Crippen LogP contribution >= 0.6 is 0 Å². The molecule has 1 N–H and O–H groups in total. The second-order valence-electron chi connectivity index (χ2n) is 12.8. The van der Waals surface area contributed by atoms with E-state index < -0.39 is 123 Å². The smallest absolute Gasteiger partial charge is 0.460 e. The Bertz CT molecular complexity index is 1740. The third-order valence-corrected chi connectivity index (χ3v) is 7.74. The molecule has 0 aliphatic heterocycles. The Morgan fingerprint density at radius 2 is 0.754 bits per heavy atom. The molecule has 0 amide bonds. The van der Waals surface area contributed by atoms with Crippen molar-refractivity contribution in [3.8, 4) is 5.75 Å². The molecule has 2 aromatic carbocycles. The molecule has 0 aliphatic rings. The van der Waals surface area contributed by atoms with Crippen LogP contribution in [0, 0.1) is 0 Å². The van der Waals surface area contributed by atoms with E-state index in [9.17, 15) is 102 Å². The van der Waals surface area contributed by atoms with Crippen LogP contribution in [0.15, 0.2) is 41.4 Å². The van der Waals surface area contributed by atoms with E-state index in [1.54, 1.807) is 0 Å². The summed E-state index contributed by atoms with van der Waals surface area (Å²) >= 11 is 0. The number of rotatable bonds is 12. The van der Waals surface area contributed by atoms with Crippen LogP contribution < -0.4 is 0 Å². The molecule has 0 saturated carbocycles. The van der Waals surface area contributed by atoms with E-state index in [1.165, 1.54) is 20.8 Å². The number of phenolic OH excluding ortho intramolecular Hbond substituents is 1. The fraction of sp³-hybridized carbons (Fsp3) is 0.552. The van der Waals surface area contributed by atoms with Crippen LogP contribution in [-0.2, 0) is 17.3 Å². The fourth-order valence-electron chi connectivity index (χ4n) is 4.36. The van der Waals surface area contributed by atoms with Crippen LogP contribution in [-0.4, -0.2) is 71.1 Å². The number of aromatic hydroxyl groups is 1. The molecule has 0 bridgehead atoms. The second-order valence-corrected chi connectivity index (χ2v) is 12.8. The van der Waals surface area contributed by atoms with Crippen molar-refractivity contribution in [3.05, 3.63) is 58.7 Å². The summed E-state index contributed by atoms with van der Waals surface area (Å²) in [5.74, 6) is -84.7. The molecular formula is C29H17F26NO. The van der Waals surface area contributed by atoms with Crippen LogP contribution in [0.4, 0.5) is 120 Å². The zero-order valence-electron chi connectivity index (χ0n) is 27.3. The Hall–Kier alpha value is -3.91. The van der Waals surface area contributed by atoms with Gasteiger partial charge < -0.3 is 5.11 Å². The van der Waals surface area contributed by atoms with E-state index in [0.29, 0.717) is 0 Å². The predicted molar refractivity (Wildman–Crippen MR) is 140 cm³/mol. The van der Waals surface area contributed by atoms with Gasteiger partial charge in [-0.1, -0.05) is 32.9 Å². The number of para-hydroxylation sites is 1. The van der Waals surface area contributed by atoms with Gasteiger partial charge in [0.05, 0.1) is 5.69 Å². The van der Waals surface area contributed by atoms with Crippen LogP contribution in [0.3, 0.4) is 0 Å². The van der Waals surface area contributed by atoms with E-state index in [0.717, 1.165) is 18.2 Å². The number of hydrogen-bond acceptors (Lipinski definition) is 2. The lowest BCUT2D eigenvalue weighted by molar-refractivity contribution is -0.442. The van der Waals surface area contributed by atoms with Crippen molar-refractivity contribution in [3.63, 3.8) is 0 Å². The van der Waals surface area contributed by atoms with E-state index in [-0.39, 0.29) is 11.8 Å². The molecule has 2 aromatic rings. The van der Waals surface area contributed by atoms with E-state index in [4.69, 9.17) is 0 Å². The number of benzene rings is 2. The average molecular weight is 889 g/mol. The molecule has 2 rings (SSSR count). The van der Waals surface area contributed by atoms with E-state index >= 15 is 17.6 Å². The Balaban J connectivity index is 3.11. The number of alkyl halides is 26. The summed E-state index contributed by atoms with van der Waals surface area (Å²) in [4.78, 5) is 2.89. The summed E-state index contributed by atoms with van der Waals surface area (Å²) in [5.41, 5.74) is -11.5. The maximum atomic E-state index is 15.1. The number of halogens is 26. The summed E-state index contributed by atoms with van der Waals surface area (Å²) in [6, 6.07) is -1.12. The Kier molecular flexibility index (Phi) is 11.7. The van der Waals surface area contributed by atoms with Gasteiger partial charge in [-0.05, 0) is 35.2 Å². The van der Waals surface area contributed by atoms with E-state index in [1.807, 2.05) is 0 Å². The van der Waals surface area contributed by atoms with E-state index in [2.05, 4.69) is 4.99 Å². The zero-order valence-corrected chi connectivity index (χ0v) is 27.3. The van der Waals surface area contributed by atoms with Gasteiger partial charge in [-0.2, -0.15) is 114 Å². The highest BCUT2D eigenvalue weighted by molar-refractivity contribution is 5.86. The molecule has 57 heavy (non-hydrogen) atoms. The van der Waals surface area contributed by atoms with Gasteiger partial charge in [0.15, 0.2) is 0 Å². The van der Waals surface area contributed by atoms with Crippen LogP contribution in [0.25, 0.3) is 0 Å². The maximum Gasteiger partial charge on any atom is 0.460 e. The minimum absolute atomic E-state index is 0.0271. The highest BCUT2D eigenvalue weighted by atomic mass is 19.4. The molecule has 0 atom stereocenters. The lowest BCUT2D eigenvalue weighted by Gasteiger charge is -2.40. The predicted octanol–water partition coefficient (Wildman–Crippen LogP) is 12.8. The number of hydrogen-bond donors (Lipinski definition) is 1. The molecule has 0 aliphatic carbocycles. The Labute approximate surface area is 299 Å². The number of nitrogens with zero attached hydrogens (tertiary/aromatic N) is 1. The summed E-state index contributed by atoms with van der Waals surface area (Å²) < 4.78 is 359. The molecule has 2 nitrogen and oxygen atoms in total. The molecule has 0 radical (unpaired) electrons. The summed E-state index contributed by atoms with van der Waals surface area (Å²) in [7, 11) is 0. The van der Waals surface area contributed by atoms with Gasteiger partial charge in [-0.25, -0.2) is 0 Å². The Morgan fingerprint density at radius 3 is 1.05 bits per heavy atom. The zero-order chi connectivity index (χ0) is 45.6. The fourth-order valence-corrected chi connectivity index (χ4v) is 4.36. The van der Waals surface area contributed by atoms with Crippen molar-refractivity contribution in [2.45, 2.75) is 97.8 Å². The van der Waals surface area contributed by atoms with Crippen molar-refractivity contribution < 1.29 is 119 Å². The maximum absolute atomic E-state index is 15.1. The highest BCUT2D eigenvalue weighted by Crippen LogP contribution is 2.65. The molecule has 0 aromatic heterocycles. The lowest BCUT2D eigenvalue weighted by atomic mass is 9.85. The quantitative estimate of drug-likeness (QED) is 0.167. The first-order chi connectivity index (χ1) is 24.7. The van der Waals surface area contributed by atoms with Gasteiger partial charge in [-0.3, -0.25) is 4.99 Å². The third-order valence-electron chi connectivity index (χ3n) is 7.74. The molecule has 326 valence electrons. The van der Waals surface area contributed by atoms with Gasteiger partial charge in [0.2, 0.25) is 0 Å². The normalized spacial score (nSPS) is 15.8. The second kappa shape index (κ2) is 13.6.